The van der Waals surface area contributed by atoms with Crippen molar-refractivity contribution in [2.24, 2.45) is 4.99 Å². The molecule has 0 radical (unpaired) electrons. The normalized spacial score (nSPS) is 20.4. The second-order valence-electron chi connectivity index (χ2n) is 7.47. The van der Waals surface area contributed by atoms with Crippen LogP contribution in [-0.4, -0.2) is 73.4 Å². The molecule has 152 valence electrons. The molecule has 0 aromatic heterocycles. The van der Waals surface area contributed by atoms with Crippen LogP contribution >= 0.6 is 0 Å². The Balaban J connectivity index is 1.37. The number of piperidine rings is 1. The van der Waals surface area contributed by atoms with Gasteiger partial charge >= 0.3 is 0 Å². The minimum Gasteiger partial charge on any atom is -0.356 e. The molecule has 2 amide bonds. The van der Waals surface area contributed by atoms with Gasteiger partial charge in [-0.3, -0.25) is 19.5 Å². The van der Waals surface area contributed by atoms with E-state index in [4.69, 9.17) is 0 Å². The molecule has 1 saturated heterocycles. The second-order valence-corrected chi connectivity index (χ2v) is 7.47. The number of likely N-dealkylation sites (tertiary alicyclic amines) is 1. The highest BCUT2D eigenvalue weighted by molar-refractivity contribution is 6.21. The maximum atomic E-state index is 12.4. The largest absolute Gasteiger partial charge is 0.356 e. The Hall–Kier alpha value is -2.41. The summed E-state index contributed by atoms with van der Waals surface area (Å²) in [5, 5.41) is 6.50. The van der Waals surface area contributed by atoms with Crippen molar-refractivity contribution < 1.29 is 9.59 Å². The molecule has 7 heteroatoms. The molecule has 1 fully saturated rings. The maximum Gasteiger partial charge on any atom is 0.261 e. The van der Waals surface area contributed by atoms with Crippen molar-refractivity contribution in [3.63, 3.8) is 0 Å². The van der Waals surface area contributed by atoms with Gasteiger partial charge in [-0.1, -0.05) is 18.6 Å². The first-order valence-electron chi connectivity index (χ1n) is 10.3. The molecule has 3 rings (SSSR count). The van der Waals surface area contributed by atoms with E-state index in [-0.39, 0.29) is 11.8 Å². The number of nitrogens with zero attached hydrogens (tertiary/aromatic N) is 3. The van der Waals surface area contributed by atoms with Crippen LogP contribution in [0.5, 0.6) is 0 Å². The lowest BCUT2D eigenvalue weighted by atomic mass is 10.0. The van der Waals surface area contributed by atoms with Crippen LogP contribution in [0.3, 0.4) is 0 Å². The molecule has 0 spiro atoms. The number of fused-ring (bicyclic) bond motifs is 1. The van der Waals surface area contributed by atoms with Crippen molar-refractivity contribution >= 4 is 17.8 Å². The quantitative estimate of drug-likeness (QED) is 0.323. The van der Waals surface area contributed by atoms with Gasteiger partial charge in [-0.25, -0.2) is 0 Å². The first-order valence-corrected chi connectivity index (χ1v) is 10.3. The van der Waals surface area contributed by atoms with Gasteiger partial charge in [-0.2, -0.15) is 0 Å². The van der Waals surface area contributed by atoms with E-state index in [1.807, 2.05) is 0 Å². The van der Waals surface area contributed by atoms with E-state index in [9.17, 15) is 9.59 Å². The molecule has 2 aliphatic rings. The Morgan fingerprint density at radius 2 is 1.75 bits per heavy atom. The highest BCUT2D eigenvalue weighted by atomic mass is 16.2. The van der Waals surface area contributed by atoms with Gasteiger partial charge in [-0.15, -0.1) is 0 Å². The lowest BCUT2D eigenvalue weighted by Gasteiger charge is -2.33. The number of amides is 2. The third kappa shape index (κ3) is 4.70. The van der Waals surface area contributed by atoms with E-state index in [2.05, 4.69) is 27.4 Å². The van der Waals surface area contributed by atoms with Crippen LogP contribution < -0.4 is 10.6 Å². The second kappa shape index (κ2) is 9.68. The predicted octanol–water partition coefficient (Wildman–Crippen LogP) is 1.71. The number of carbonyl (C=O) groups is 2. The van der Waals surface area contributed by atoms with E-state index in [0.717, 1.165) is 19.5 Å². The standard InChI is InChI=1S/C21H31N5O2/c1-16-8-5-6-13-25(16)14-7-11-23-21(22-2)24-12-15-26-19(27)17-9-3-4-10-18(17)20(26)28/h3-4,9-10,16H,5-8,11-15H2,1-2H3,(H2,22,23,24). The van der Waals surface area contributed by atoms with Crippen molar-refractivity contribution in [1.82, 2.24) is 20.4 Å². The number of benzene rings is 1. The van der Waals surface area contributed by atoms with E-state index in [1.165, 1.54) is 30.7 Å². The number of nitrogens with one attached hydrogen (secondary N) is 2. The fourth-order valence-corrected chi connectivity index (χ4v) is 3.93. The van der Waals surface area contributed by atoms with Gasteiger partial charge in [0.2, 0.25) is 0 Å². The highest BCUT2D eigenvalue weighted by Gasteiger charge is 2.34. The van der Waals surface area contributed by atoms with Crippen LogP contribution in [0.2, 0.25) is 0 Å². The van der Waals surface area contributed by atoms with E-state index in [1.54, 1.807) is 31.3 Å². The lowest BCUT2D eigenvalue weighted by molar-refractivity contribution is 0.0657. The summed E-state index contributed by atoms with van der Waals surface area (Å²) >= 11 is 0. The average Bonchev–Trinajstić information content (AvgIpc) is 2.96. The van der Waals surface area contributed by atoms with Crippen LogP contribution in [-0.2, 0) is 0 Å². The predicted molar refractivity (Wildman–Crippen MR) is 111 cm³/mol. The number of imide groups is 1. The fraction of sp³-hybridized carbons (Fsp3) is 0.571. The van der Waals surface area contributed by atoms with Crippen molar-refractivity contribution in [3.8, 4) is 0 Å². The van der Waals surface area contributed by atoms with Gasteiger partial charge in [-0.05, 0) is 44.9 Å². The molecule has 1 aromatic carbocycles. The molecular weight excluding hydrogens is 354 g/mol. The van der Waals surface area contributed by atoms with Crippen molar-refractivity contribution in [3.05, 3.63) is 35.4 Å². The first-order chi connectivity index (χ1) is 13.6. The Bertz CT molecular complexity index is 698. The van der Waals surface area contributed by atoms with Crippen molar-refractivity contribution in [2.75, 3.05) is 39.8 Å². The van der Waals surface area contributed by atoms with Crippen LogP contribution in [0, 0.1) is 0 Å². The van der Waals surface area contributed by atoms with E-state index < -0.39 is 0 Å². The number of carbonyl (C=O) groups excluding carboxylic acids is 2. The average molecular weight is 386 g/mol. The zero-order chi connectivity index (χ0) is 19.9. The molecule has 1 unspecified atom stereocenters. The third-order valence-corrected chi connectivity index (χ3v) is 5.58. The molecular formula is C21H31N5O2. The molecule has 7 nitrogen and oxygen atoms in total. The van der Waals surface area contributed by atoms with Crippen molar-refractivity contribution in [1.29, 1.82) is 0 Å². The molecule has 2 heterocycles. The number of rotatable bonds is 7. The molecule has 2 N–H and O–H groups in total. The Morgan fingerprint density at radius 1 is 1.07 bits per heavy atom. The van der Waals surface area contributed by atoms with Gasteiger partial charge in [0.1, 0.15) is 0 Å². The summed E-state index contributed by atoms with van der Waals surface area (Å²) in [5.41, 5.74) is 0.976. The third-order valence-electron chi connectivity index (χ3n) is 5.58. The summed E-state index contributed by atoms with van der Waals surface area (Å²) < 4.78 is 0. The SMILES string of the molecule is CN=C(NCCCN1CCCCC1C)NCCN1C(=O)c2ccccc2C1=O. The maximum absolute atomic E-state index is 12.4. The zero-order valence-corrected chi connectivity index (χ0v) is 16.9. The Morgan fingerprint density at radius 3 is 2.39 bits per heavy atom. The smallest absolute Gasteiger partial charge is 0.261 e. The molecule has 2 aliphatic heterocycles. The Labute approximate surface area is 167 Å². The number of hydrogen-bond acceptors (Lipinski definition) is 4. The summed E-state index contributed by atoms with van der Waals surface area (Å²) in [6.07, 6.45) is 5.01. The summed E-state index contributed by atoms with van der Waals surface area (Å²) in [4.78, 5) is 32.8. The molecule has 0 bridgehead atoms. The van der Waals surface area contributed by atoms with Crippen LogP contribution in [0.25, 0.3) is 0 Å². The molecule has 28 heavy (non-hydrogen) atoms. The number of hydrogen-bond donors (Lipinski definition) is 2. The van der Waals surface area contributed by atoms with Crippen molar-refractivity contribution in [2.45, 2.75) is 38.6 Å². The Kier molecular flexibility index (Phi) is 7.03. The minimum absolute atomic E-state index is 0.221. The summed E-state index contributed by atoms with van der Waals surface area (Å²) in [7, 11) is 1.73. The fourth-order valence-electron chi connectivity index (χ4n) is 3.93. The lowest BCUT2D eigenvalue weighted by Crippen LogP contribution is -2.44. The number of aliphatic imine (C=N–C) groups is 1. The topological polar surface area (TPSA) is 77.0 Å². The van der Waals surface area contributed by atoms with Crippen LogP contribution in [0.1, 0.15) is 53.3 Å². The van der Waals surface area contributed by atoms with Crippen LogP contribution in [0.15, 0.2) is 29.3 Å². The molecule has 1 atom stereocenters. The molecule has 0 aliphatic carbocycles. The first kappa shape index (κ1) is 20.3. The van der Waals surface area contributed by atoms with E-state index >= 15 is 0 Å². The monoisotopic (exact) mass is 385 g/mol. The summed E-state index contributed by atoms with van der Waals surface area (Å²) in [6.45, 7) is 6.24. The van der Waals surface area contributed by atoms with Gasteiger partial charge in [0.25, 0.3) is 11.8 Å². The van der Waals surface area contributed by atoms with Gasteiger partial charge in [0.15, 0.2) is 5.96 Å². The van der Waals surface area contributed by atoms with Gasteiger partial charge in [0, 0.05) is 39.3 Å². The summed E-state index contributed by atoms with van der Waals surface area (Å²) in [5.74, 6) is 0.255. The summed E-state index contributed by atoms with van der Waals surface area (Å²) in [6, 6.07) is 7.65. The zero-order valence-electron chi connectivity index (χ0n) is 16.9. The van der Waals surface area contributed by atoms with Gasteiger partial charge in [0.05, 0.1) is 11.1 Å². The molecule has 0 saturated carbocycles. The highest BCUT2D eigenvalue weighted by Crippen LogP contribution is 2.21. The van der Waals surface area contributed by atoms with Crippen LogP contribution in [0.4, 0.5) is 0 Å². The number of guanidine groups is 1. The van der Waals surface area contributed by atoms with E-state index in [0.29, 0.717) is 36.2 Å². The minimum atomic E-state index is -0.221. The molecule has 1 aromatic rings. The van der Waals surface area contributed by atoms with Gasteiger partial charge < -0.3 is 15.5 Å².